The van der Waals surface area contributed by atoms with Crippen LogP contribution in [-0.2, 0) is 0 Å². The van der Waals surface area contributed by atoms with Crippen molar-refractivity contribution in [3.8, 4) is 45.3 Å². The molecule has 0 fully saturated rings. The summed E-state index contributed by atoms with van der Waals surface area (Å²) in [4.78, 5) is 18.2. The Hall–Kier alpha value is -6.01. The Morgan fingerprint density at radius 1 is 0.467 bits per heavy atom. The molecular formula is C39H27BN5. The average molecular weight is 576 g/mol. The van der Waals surface area contributed by atoms with Crippen molar-refractivity contribution in [2.75, 3.05) is 5.73 Å². The van der Waals surface area contributed by atoms with E-state index >= 15 is 0 Å². The largest absolute Gasteiger partial charge is 0.399 e. The number of anilines is 1. The summed E-state index contributed by atoms with van der Waals surface area (Å²) in [6.07, 6.45) is 0. The van der Waals surface area contributed by atoms with Crippen LogP contribution in [0.4, 0.5) is 5.69 Å². The molecule has 6 aromatic carbocycles. The van der Waals surface area contributed by atoms with E-state index in [1.807, 2.05) is 72.8 Å². The molecule has 2 aromatic heterocycles. The SMILES string of the molecule is Nc1ccc(-c2ccc3[nH]c4c([B]c5ccc(-c6nc(-c7ccccc7)nc(-c7ccccc7)n6)cc5)cccc4c3c2)cc1. The van der Waals surface area contributed by atoms with E-state index < -0.39 is 0 Å². The maximum atomic E-state index is 5.91. The lowest BCUT2D eigenvalue weighted by Crippen LogP contribution is -2.27. The lowest BCUT2D eigenvalue weighted by atomic mass is 9.63. The molecule has 211 valence electrons. The lowest BCUT2D eigenvalue weighted by Gasteiger charge is -2.09. The third-order valence-corrected chi connectivity index (χ3v) is 8.10. The van der Waals surface area contributed by atoms with Crippen LogP contribution in [0, 0.1) is 0 Å². The van der Waals surface area contributed by atoms with Crippen molar-refractivity contribution in [1.82, 2.24) is 19.9 Å². The third kappa shape index (κ3) is 5.23. The second kappa shape index (κ2) is 11.2. The molecule has 0 bridgehead atoms. The Morgan fingerprint density at radius 3 is 1.64 bits per heavy atom. The van der Waals surface area contributed by atoms with Gasteiger partial charge in [0, 0.05) is 44.2 Å². The predicted octanol–water partition coefficient (Wildman–Crippen LogP) is 7.41. The minimum atomic E-state index is 0.642. The quantitative estimate of drug-likeness (QED) is 0.160. The smallest absolute Gasteiger partial charge is 0.194 e. The zero-order chi connectivity index (χ0) is 30.2. The van der Waals surface area contributed by atoms with Gasteiger partial charge in [0.2, 0.25) is 0 Å². The fourth-order valence-electron chi connectivity index (χ4n) is 5.77. The molecule has 0 saturated carbocycles. The van der Waals surface area contributed by atoms with Gasteiger partial charge in [-0.15, -0.1) is 0 Å². The Bertz CT molecular complexity index is 2220. The molecular weight excluding hydrogens is 549 g/mol. The molecule has 0 saturated heterocycles. The number of nitrogens with one attached hydrogen (secondary N) is 1. The van der Waals surface area contributed by atoms with E-state index in [0.29, 0.717) is 17.5 Å². The van der Waals surface area contributed by atoms with Crippen LogP contribution < -0.4 is 16.7 Å². The Morgan fingerprint density at radius 2 is 1.02 bits per heavy atom. The zero-order valence-corrected chi connectivity index (χ0v) is 24.4. The van der Waals surface area contributed by atoms with Gasteiger partial charge in [-0.2, -0.15) is 0 Å². The topological polar surface area (TPSA) is 80.5 Å². The van der Waals surface area contributed by atoms with E-state index in [2.05, 4.69) is 85.1 Å². The van der Waals surface area contributed by atoms with Crippen LogP contribution in [0.15, 0.2) is 146 Å². The number of aromatic nitrogens is 4. The molecule has 45 heavy (non-hydrogen) atoms. The summed E-state index contributed by atoms with van der Waals surface area (Å²) >= 11 is 0. The van der Waals surface area contributed by atoms with Crippen LogP contribution in [0.2, 0.25) is 0 Å². The maximum absolute atomic E-state index is 5.91. The molecule has 8 rings (SSSR count). The molecule has 1 radical (unpaired) electrons. The summed E-state index contributed by atoms with van der Waals surface area (Å²) in [6, 6.07) is 49.5. The summed E-state index contributed by atoms with van der Waals surface area (Å²) in [7, 11) is 2.21. The summed E-state index contributed by atoms with van der Waals surface area (Å²) in [5, 5.41) is 2.39. The Labute approximate surface area is 261 Å². The third-order valence-electron chi connectivity index (χ3n) is 8.10. The Balaban J connectivity index is 1.12. The number of nitrogens with two attached hydrogens (primary N) is 1. The predicted molar refractivity (Wildman–Crippen MR) is 187 cm³/mol. The summed E-state index contributed by atoms with van der Waals surface area (Å²) < 4.78 is 0. The van der Waals surface area contributed by atoms with Crippen molar-refractivity contribution >= 4 is 45.7 Å². The fraction of sp³-hybridized carbons (Fsp3) is 0. The standard InChI is InChI=1S/C39H27BN5/c41-31-21-16-25(17-22-31)29-18-23-35-33(24-29)32-12-7-13-34(36(32)42-35)40-30-19-14-28(15-20-30)39-44-37(26-8-3-1-4-9-26)43-38(45-39)27-10-5-2-6-11-27/h1-24,42H,41H2. The maximum Gasteiger partial charge on any atom is 0.194 e. The molecule has 0 unspecified atom stereocenters. The van der Waals surface area contributed by atoms with Gasteiger partial charge in [0.1, 0.15) is 0 Å². The van der Waals surface area contributed by atoms with Gasteiger partial charge in [0.25, 0.3) is 0 Å². The molecule has 0 aliphatic rings. The summed E-state index contributed by atoms with van der Waals surface area (Å²) in [5.74, 6) is 1.95. The minimum absolute atomic E-state index is 0.642. The lowest BCUT2D eigenvalue weighted by molar-refractivity contribution is 1.07. The van der Waals surface area contributed by atoms with Gasteiger partial charge in [-0.25, -0.2) is 15.0 Å². The second-order valence-corrected chi connectivity index (χ2v) is 11.1. The first kappa shape index (κ1) is 26.6. The molecule has 5 nitrogen and oxygen atoms in total. The molecule has 0 spiro atoms. The molecule has 8 aromatic rings. The van der Waals surface area contributed by atoms with Gasteiger partial charge >= 0.3 is 0 Å². The number of nitrogens with zero attached hydrogens (tertiary/aromatic N) is 3. The van der Waals surface area contributed by atoms with E-state index in [-0.39, 0.29) is 0 Å². The van der Waals surface area contributed by atoms with Crippen molar-refractivity contribution in [3.05, 3.63) is 146 Å². The number of fused-ring (bicyclic) bond motifs is 3. The monoisotopic (exact) mass is 576 g/mol. The van der Waals surface area contributed by atoms with Crippen LogP contribution >= 0.6 is 0 Å². The number of hydrogen-bond acceptors (Lipinski definition) is 4. The van der Waals surface area contributed by atoms with Crippen LogP contribution in [0.1, 0.15) is 0 Å². The number of nitrogen functional groups attached to an aromatic ring is 1. The first-order valence-corrected chi connectivity index (χ1v) is 14.9. The van der Waals surface area contributed by atoms with Crippen LogP contribution in [0.25, 0.3) is 67.1 Å². The summed E-state index contributed by atoms with van der Waals surface area (Å²) in [5.41, 5.74) is 16.3. The second-order valence-electron chi connectivity index (χ2n) is 11.1. The number of aromatic amines is 1. The van der Waals surface area contributed by atoms with Gasteiger partial charge in [0.15, 0.2) is 24.8 Å². The van der Waals surface area contributed by atoms with Gasteiger partial charge < -0.3 is 10.7 Å². The molecule has 0 aliphatic heterocycles. The highest BCUT2D eigenvalue weighted by atomic mass is 15.0. The first-order valence-electron chi connectivity index (χ1n) is 14.9. The van der Waals surface area contributed by atoms with E-state index in [4.69, 9.17) is 20.7 Å². The molecule has 0 aliphatic carbocycles. The highest BCUT2D eigenvalue weighted by molar-refractivity contribution is 6.69. The number of H-pyrrole nitrogens is 1. The molecule has 3 N–H and O–H groups in total. The minimum Gasteiger partial charge on any atom is -0.399 e. The van der Waals surface area contributed by atoms with Gasteiger partial charge in [-0.1, -0.05) is 132 Å². The molecule has 2 heterocycles. The van der Waals surface area contributed by atoms with E-state index in [1.54, 1.807) is 0 Å². The number of rotatable bonds is 6. The van der Waals surface area contributed by atoms with Crippen molar-refractivity contribution < 1.29 is 0 Å². The highest BCUT2D eigenvalue weighted by Crippen LogP contribution is 2.30. The average Bonchev–Trinajstić information content (AvgIpc) is 3.48. The van der Waals surface area contributed by atoms with E-state index in [9.17, 15) is 0 Å². The van der Waals surface area contributed by atoms with Gasteiger partial charge in [-0.3, -0.25) is 0 Å². The van der Waals surface area contributed by atoms with Crippen molar-refractivity contribution in [2.24, 2.45) is 0 Å². The van der Waals surface area contributed by atoms with E-state index in [1.165, 1.54) is 10.8 Å². The van der Waals surface area contributed by atoms with Crippen molar-refractivity contribution in [2.45, 2.75) is 0 Å². The van der Waals surface area contributed by atoms with Crippen LogP contribution in [-0.4, -0.2) is 27.2 Å². The highest BCUT2D eigenvalue weighted by Gasteiger charge is 2.14. The zero-order valence-electron chi connectivity index (χ0n) is 24.4. The molecule has 0 atom stereocenters. The number of hydrogen-bond donors (Lipinski definition) is 2. The van der Waals surface area contributed by atoms with Crippen LogP contribution in [0.5, 0.6) is 0 Å². The molecule has 0 amide bonds. The van der Waals surface area contributed by atoms with Crippen LogP contribution in [0.3, 0.4) is 0 Å². The van der Waals surface area contributed by atoms with Gasteiger partial charge in [0.05, 0.1) is 0 Å². The fourth-order valence-corrected chi connectivity index (χ4v) is 5.77. The first-order chi connectivity index (χ1) is 22.2. The van der Waals surface area contributed by atoms with E-state index in [0.717, 1.165) is 55.5 Å². The summed E-state index contributed by atoms with van der Waals surface area (Å²) in [6.45, 7) is 0. The number of para-hydroxylation sites is 1. The number of benzene rings is 6. The van der Waals surface area contributed by atoms with Gasteiger partial charge in [-0.05, 0) is 35.4 Å². The normalized spacial score (nSPS) is 11.2. The molecule has 6 heteroatoms. The van der Waals surface area contributed by atoms with Crippen molar-refractivity contribution in [1.29, 1.82) is 0 Å². The van der Waals surface area contributed by atoms with Crippen molar-refractivity contribution in [3.63, 3.8) is 0 Å². The Kier molecular flexibility index (Phi) is 6.65.